The van der Waals surface area contributed by atoms with E-state index in [9.17, 15) is 0 Å². The molecule has 0 saturated carbocycles. The summed E-state index contributed by atoms with van der Waals surface area (Å²) in [5.41, 5.74) is 9.34. The van der Waals surface area contributed by atoms with Gasteiger partial charge in [0.15, 0.2) is 0 Å². The van der Waals surface area contributed by atoms with Gasteiger partial charge < -0.3 is 5.73 Å². The average Bonchev–Trinajstić information content (AvgIpc) is 2.71. The number of aryl methyl sites for hydroxylation is 1. The van der Waals surface area contributed by atoms with Gasteiger partial charge in [-0.3, -0.25) is 0 Å². The molecule has 3 heteroatoms. The molecule has 0 aliphatic rings. The highest BCUT2D eigenvalue weighted by Crippen LogP contribution is 2.29. The molecule has 1 heterocycles. The van der Waals surface area contributed by atoms with Crippen LogP contribution in [0.4, 0.5) is 0 Å². The molecule has 1 aromatic carbocycles. The lowest BCUT2D eigenvalue weighted by atomic mass is 10.0. The molecule has 2 nitrogen and oxygen atoms in total. The van der Waals surface area contributed by atoms with E-state index in [1.54, 1.807) is 11.3 Å². The van der Waals surface area contributed by atoms with Crippen LogP contribution in [-0.4, -0.2) is 11.5 Å². The zero-order chi connectivity index (χ0) is 13.1. The molecule has 0 aliphatic carbocycles. The van der Waals surface area contributed by atoms with E-state index in [1.165, 1.54) is 16.0 Å². The first-order valence-corrected chi connectivity index (χ1v) is 7.20. The Bertz CT molecular complexity index is 512. The molecular formula is C15H20N2S. The maximum Gasteiger partial charge on any atom is 0.0904 e. The SMILES string of the molecule is Cc1nc(-c2ccc(C(C)C)cc2)c(CCN)s1. The van der Waals surface area contributed by atoms with Gasteiger partial charge in [-0.2, -0.15) is 0 Å². The van der Waals surface area contributed by atoms with Gasteiger partial charge in [-0.1, -0.05) is 38.1 Å². The van der Waals surface area contributed by atoms with Gasteiger partial charge in [-0.25, -0.2) is 4.98 Å². The molecule has 0 unspecified atom stereocenters. The van der Waals surface area contributed by atoms with Crippen molar-refractivity contribution >= 4 is 11.3 Å². The van der Waals surface area contributed by atoms with Crippen molar-refractivity contribution < 1.29 is 0 Å². The number of hydrogen-bond acceptors (Lipinski definition) is 3. The van der Waals surface area contributed by atoms with Gasteiger partial charge >= 0.3 is 0 Å². The summed E-state index contributed by atoms with van der Waals surface area (Å²) < 4.78 is 0. The van der Waals surface area contributed by atoms with E-state index in [0.717, 1.165) is 17.1 Å². The molecule has 0 amide bonds. The molecule has 0 bridgehead atoms. The molecule has 1 aromatic heterocycles. The van der Waals surface area contributed by atoms with E-state index >= 15 is 0 Å². The van der Waals surface area contributed by atoms with Crippen molar-refractivity contribution in [1.82, 2.24) is 4.98 Å². The summed E-state index contributed by atoms with van der Waals surface area (Å²) in [6.07, 6.45) is 0.909. The van der Waals surface area contributed by atoms with Gasteiger partial charge in [0, 0.05) is 10.4 Å². The number of thiazole rings is 1. The molecule has 2 N–H and O–H groups in total. The Morgan fingerprint density at radius 2 is 1.89 bits per heavy atom. The predicted molar refractivity (Wildman–Crippen MR) is 79.1 cm³/mol. The zero-order valence-corrected chi connectivity index (χ0v) is 12.1. The second-order valence-electron chi connectivity index (χ2n) is 4.82. The van der Waals surface area contributed by atoms with E-state index < -0.39 is 0 Å². The van der Waals surface area contributed by atoms with Gasteiger partial charge in [0.1, 0.15) is 0 Å². The largest absolute Gasteiger partial charge is 0.330 e. The molecule has 2 aromatic rings. The summed E-state index contributed by atoms with van der Waals surface area (Å²) in [6, 6.07) is 8.73. The van der Waals surface area contributed by atoms with Gasteiger partial charge in [0.25, 0.3) is 0 Å². The first-order valence-electron chi connectivity index (χ1n) is 6.38. The maximum absolute atomic E-state index is 5.66. The minimum absolute atomic E-state index is 0.569. The van der Waals surface area contributed by atoms with Crippen LogP contribution < -0.4 is 5.73 Å². The predicted octanol–water partition coefficient (Wildman–Crippen LogP) is 3.74. The summed E-state index contributed by atoms with van der Waals surface area (Å²) in [5.74, 6) is 0.569. The molecule has 96 valence electrons. The number of nitrogens with zero attached hydrogens (tertiary/aromatic N) is 1. The number of rotatable bonds is 4. The van der Waals surface area contributed by atoms with E-state index in [-0.39, 0.29) is 0 Å². The molecule has 0 radical (unpaired) electrons. The summed E-state index contributed by atoms with van der Waals surface area (Å²) in [4.78, 5) is 5.94. The minimum atomic E-state index is 0.569. The summed E-state index contributed by atoms with van der Waals surface area (Å²) >= 11 is 1.75. The Kier molecular flexibility index (Phi) is 4.15. The number of aromatic nitrogens is 1. The molecule has 0 aliphatic heterocycles. The Balaban J connectivity index is 2.35. The molecule has 0 fully saturated rings. The number of nitrogens with two attached hydrogens (primary N) is 1. The van der Waals surface area contributed by atoms with Gasteiger partial charge in [-0.05, 0) is 31.4 Å². The van der Waals surface area contributed by atoms with Crippen molar-refractivity contribution in [2.45, 2.75) is 33.1 Å². The molecule has 0 spiro atoms. The van der Waals surface area contributed by atoms with Gasteiger partial charge in [-0.15, -0.1) is 11.3 Å². The average molecular weight is 260 g/mol. The third kappa shape index (κ3) is 2.79. The monoisotopic (exact) mass is 260 g/mol. The molecule has 2 rings (SSSR count). The van der Waals surface area contributed by atoms with E-state index in [0.29, 0.717) is 12.5 Å². The second-order valence-corrected chi connectivity index (χ2v) is 6.11. The van der Waals surface area contributed by atoms with Gasteiger partial charge in [0.2, 0.25) is 0 Å². The van der Waals surface area contributed by atoms with Crippen LogP contribution >= 0.6 is 11.3 Å². The van der Waals surface area contributed by atoms with Crippen molar-refractivity contribution in [1.29, 1.82) is 0 Å². The molecule has 18 heavy (non-hydrogen) atoms. The highest BCUT2D eigenvalue weighted by Gasteiger charge is 2.10. The summed E-state index contributed by atoms with van der Waals surface area (Å²) in [6.45, 7) is 7.15. The lowest BCUT2D eigenvalue weighted by Crippen LogP contribution is -2.02. The van der Waals surface area contributed by atoms with Crippen molar-refractivity contribution in [2.24, 2.45) is 5.73 Å². The lowest BCUT2D eigenvalue weighted by molar-refractivity contribution is 0.867. The van der Waals surface area contributed by atoms with Crippen LogP contribution in [0.2, 0.25) is 0 Å². The Morgan fingerprint density at radius 1 is 1.22 bits per heavy atom. The van der Waals surface area contributed by atoms with Crippen LogP contribution in [0.15, 0.2) is 24.3 Å². The van der Waals surface area contributed by atoms with Crippen LogP contribution in [0.25, 0.3) is 11.3 Å². The standard InChI is InChI=1S/C15H20N2S/c1-10(2)12-4-6-13(7-5-12)15-14(8-9-16)18-11(3)17-15/h4-7,10H,8-9,16H2,1-3H3. The third-order valence-electron chi connectivity index (χ3n) is 3.03. The summed E-state index contributed by atoms with van der Waals surface area (Å²) in [5, 5.41) is 1.11. The Hall–Kier alpha value is -1.19. The van der Waals surface area contributed by atoms with Crippen LogP contribution in [-0.2, 0) is 6.42 Å². The fourth-order valence-corrected chi connectivity index (χ4v) is 2.99. The van der Waals surface area contributed by atoms with Crippen molar-refractivity contribution in [2.75, 3.05) is 6.54 Å². The molecular weight excluding hydrogens is 240 g/mol. The van der Waals surface area contributed by atoms with Gasteiger partial charge in [0.05, 0.1) is 10.7 Å². The van der Waals surface area contributed by atoms with Crippen LogP contribution in [0.1, 0.15) is 35.2 Å². The van der Waals surface area contributed by atoms with E-state index in [4.69, 9.17) is 5.73 Å². The molecule has 0 saturated heterocycles. The summed E-state index contributed by atoms with van der Waals surface area (Å²) in [7, 11) is 0. The third-order valence-corrected chi connectivity index (χ3v) is 4.06. The van der Waals surface area contributed by atoms with E-state index in [1.807, 2.05) is 0 Å². The van der Waals surface area contributed by atoms with Crippen LogP contribution in [0, 0.1) is 6.92 Å². The zero-order valence-electron chi connectivity index (χ0n) is 11.2. The smallest absolute Gasteiger partial charge is 0.0904 e. The highest BCUT2D eigenvalue weighted by molar-refractivity contribution is 7.12. The van der Waals surface area contributed by atoms with Crippen LogP contribution in [0.5, 0.6) is 0 Å². The fourth-order valence-electron chi connectivity index (χ4n) is 2.02. The van der Waals surface area contributed by atoms with Crippen molar-refractivity contribution in [3.63, 3.8) is 0 Å². The highest BCUT2D eigenvalue weighted by atomic mass is 32.1. The van der Waals surface area contributed by atoms with Crippen LogP contribution in [0.3, 0.4) is 0 Å². The number of benzene rings is 1. The first-order chi connectivity index (χ1) is 8.61. The normalized spacial score (nSPS) is 11.2. The molecule has 0 atom stereocenters. The van der Waals surface area contributed by atoms with Crippen molar-refractivity contribution in [3.05, 3.63) is 39.7 Å². The lowest BCUT2D eigenvalue weighted by Gasteiger charge is -2.06. The quantitative estimate of drug-likeness (QED) is 0.909. The Labute approximate surface area is 113 Å². The fraction of sp³-hybridized carbons (Fsp3) is 0.400. The minimum Gasteiger partial charge on any atom is -0.330 e. The Morgan fingerprint density at radius 3 is 2.44 bits per heavy atom. The topological polar surface area (TPSA) is 38.9 Å². The maximum atomic E-state index is 5.66. The first kappa shape index (κ1) is 13.2. The number of hydrogen-bond donors (Lipinski definition) is 1. The second kappa shape index (κ2) is 5.63. The van der Waals surface area contributed by atoms with E-state index in [2.05, 4.69) is 50.0 Å². The van der Waals surface area contributed by atoms with Crippen molar-refractivity contribution in [3.8, 4) is 11.3 Å².